The van der Waals surface area contributed by atoms with Crippen LogP contribution in [0.2, 0.25) is 0 Å². The Morgan fingerprint density at radius 2 is 1.65 bits per heavy atom. The van der Waals surface area contributed by atoms with Gasteiger partial charge in [-0.1, -0.05) is 42.5 Å². The molecule has 0 spiro atoms. The summed E-state index contributed by atoms with van der Waals surface area (Å²) in [6.45, 7) is 1.95. The van der Waals surface area contributed by atoms with Gasteiger partial charge in [0.05, 0.1) is 18.2 Å². The van der Waals surface area contributed by atoms with Crippen LogP contribution >= 0.6 is 0 Å². The average Bonchev–Trinajstić information content (AvgIpc) is 2.66. The van der Waals surface area contributed by atoms with Crippen molar-refractivity contribution in [3.63, 3.8) is 0 Å². The number of carbonyl (C=O) groups is 3. The van der Waals surface area contributed by atoms with E-state index in [0.29, 0.717) is 16.8 Å². The topological polar surface area (TPSA) is 86.7 Å². The number of hydrogen-bond acceptors (Lipinski definition) is 4. The number of likely N-dealkylation sites (N-methyl/N-ethyl adjacent to an activating group) is 1. The van der Waals surface area contributed by atoms with Crippen molar-refractivity contribution in [3.05, 3.63) is 65.7 Å². The molecule has 0 saturated heterocycles. The quantitative estimate of drug-likeness (QED) is 0.712. The smallest absolute Gasteiger partial charge is 0.304 e. The van der Waals surface area contributed by atoms with Crippen LogP contribution in [0.15, 0.2) is 54.6 Å². The number of ketones is 1. The van der Waals surface area contributed by atoms with Crippen molar-refractivity contribution in [2.24, 2.45) is 0 Å². The number of nitrogens with one attached hydrogen (secondary N) is 1. The van der Waals surface area contributed by atoms with Crippen LogP contribution in [0.3, 0.4) is 0 Å². The molecule has 0 aliphatic heterocycles. The van der Waals surface area contributed by atoms with Crippen molar-refractivity contribution >= 4 is 23.3 Å². The minimum atomic E-state index is -0.914. The molecule has 0 radical (unpaired) electrons. The van der Waals surface area contributed by atoms with Crippen LogP contribution in [0.4, 0.5) is 5.69 Å². The van der Waals surface area contributed by atoms with Crippen molar-refractivity contribution in [1.82, 2.24) is 4.90 Å². The first-order valence-electron chi connectivity index (χ1n) is 8.32. The van der Waals surface area contributed by atoms with Crippen molar-refractivity contribution in [3.8, 4) is 0 Å². The third-order valence-electron chi connectivity index (χ3n) is 4.18. The second kappa shape index (κ2) is 8.92. The molecule has 0 bridgehead atoms. The Kier molecular flexibility index (Phi) is 6.63. The highest BCUT2D eigenvalue weighted by molar-refractivity contribution is 6.14. The monoisotopic (exact) mass is 354 g/mol. The van der Waals surface area contributed by atoms with E-state index in [-0.39, 0.29) is 24.7 Å². The summed E-state index contributed by atoms with van der Waals surface area (Å²) in [7, 11) is 1.69. The Morgan fingerprint density at radius 3 is 2.31 bits per heavy atom. The maximum Gasteiger partial charge on any atom is 0.304 e. The number of benzene rings is 2. The molecule has 6 heteroatoms. The molecule has 2 aromatic rings. The Balaban J connectivity index is 2.13. The standard InChI is InChI=1S/C20H22N2O4/c1-14(22(2)13-12-18(23)24)20(26)21-17-11-7-6-10-16(17)19(25)15-8-4-3-5-9-15/h3-11,14H,12-13H2,1-2H3,(H,21,26)(H,23,24). The van der Waals surface area contributed by atoms with Gasteiger partial charge >= 0.3 is 5.97 Å². The van der Waals surface area contributed by atoms with Crippen molar-refractivity contribution in [1.29, 1.82) is 0 Å². The first-order chi connectivity index (χ1) is 12.4. The molecule has 0 aliphatic rings. The Labute approximate surface area is 152 Å². The summed E-state index contributed by atoms with van der Waals surface area (Å²) >= 11 is 0. The summed E-state index contributed by atoms with van der Waals surface area (Å²) in [5.74, 6) is -1.39. The van der Waals surface area contributed by atoms with E-state index >= 15 is 0 Å². The van der Waals surface area contributed by atoms with E-state index in [2.05, 4.69) is 5.32 Å². The lowest BCUT2D eigenvalue weighted by Gasteiger charge is -2.23. The van der Waals surface area contributed by atoms with E-state index in [1.54, 1.807) is 67.4 Å². The lowest BCUT2D eigenvalue weighted by molar-refractivity contribution is -0.137. The van der Waals surface area contributed by atoms with Gasteiger partial charge < -0.3 is 10.4 Å². The number of para-hydroxylation sites is 1. The van der Waals surface area contributed by atoms with Crippen LogP contribution < -0.4 is 5.32 Å². The van der Waals surface area contributed by atoms with Gasteiger partial charge in [0.25, 0.3) is 0 Å². The summed E-state index contributed by atoms with van der Waals surface area (Å²) in [6.07, 6.45) is -0.0444. The zero-order valence-electron chi connectivity index (χ0n) is 14.8. The molecule has 0 saturated carbocycles. The molecule has 2 aromatic carbocycles. The SMILES string of the molecule is CC(C(=O)Nc1ccccc1C(=O)c1ccccc1)N(C)CCC(=O)O. The predicted octanol–water partition coefficient (Wildman–Crippen LogP) is 2.65. The maximum absolute atomic E-state index is 12.7. The summed E-state index contributed by atoms with van der Waals surface area (Å²) in [4.78, 5) is 37.5. The fraction of sp³-hybridized carbons (Fsp3) is 0.250. The van der Waals surface area contributed by atoms with E-state index in [1.165, 1.54) is 0 Å². The Hall–Kier alpha value is -2.99. The summed E-state index contributed by atoms with van der Waals surface area (Å²) in [6, 6.07) is 15.2. The molecule has 136 valence electrons. The predicted molar refractivity (Wildman–Crippen MR) is 99.3 cm³/mol. The number of rotatable bonds is 8. The van der Waals surface area contributed by atoms with E-state index in [0.717, 1.165) is 0 Å². The molecule has 2 N–H and O–H groups in total. The molecule has 0 heterocycles. The van der Waals surface area contributed by atoms with Gasteiger partial charge in [0, 0.05) is 17.7 Å². The normalized spacial score (nSPS) is 11.8. The van der Waals surface area contributed by atoms with Crippen molar-refractivity contribution in [2.45, 2.75) is 19.4 Å². The van der Waals surface area contributed by atoms with Gasteiger partial charge in [0.2, 0.25) is 5.91 Å². The third kappa shape index (κ3) is 5.00. The third-order valence-corrected chi connectivity index (χ3v) is 4.18. The number of aliphatic carboxylic acids is 1. The lowest BCUT2D eigenvalue weighted by atomic mass is 10.0. The number of nitrogens with zero attached hydrogens (tertiary/aromatic N) is 1. The molecule has 1 unspecified atom stereocenters. The number of anilines is 1. The molecule has 0 aromatic heterocycles. The maximum atomic E-state index is 12.7. The summed E-state index contributed by atoms with van der Waals surface area (Å²) < 4.78 is 0. The van der Waals surface area contributed by atoms with Gasteiger partial charge in [-0.25, -0.2) is 0 Å². The van der Waals surface area contributed by atoms with Crippen molar-refractivity contribution in [2.75, 3.05) is 18.9 Å². The Bertz CT molecular complexity index is 789. The number of amides is 1. The number of carboxylic acids is 1. The van der Waals surface area contributed by atoms with E-state index in [4.69, 9.17) is 5.11 Å². The van der Waals surface area contributed by atoms with Crippen LogP contribution in [0.5, 0.6) is 0 Å². The molecular weight excluding hydrogens is 332 g/mol. The summed E-state index contributed by atoms with van der Waals surface area (Å²) in [5, 5.41) is 11.5. The minimum Gasteiger partial charge on any atom is -0.481 e. The molecule has 2 rings (SSSR count). The Morgan fingerprint density at radius 1 is 1.04 bits per heavy atom. The van der Waals surface area contributed by atoms with Gasteiger partial charge in [-0.3, -0.25) is 19.3 Å². The van der Waals surface area contributed by atoms with Crippen LogP contribution in [0.25, 0.3) is 0 Å². The van der Waals surface area contributed by atoms with Gasteiger partial charge in [-0.15, -0.1) is 0 Å². The molecule has 1 amide bonds. The highest BCUT2D eigenvalue weighted by Crippen LogP contribution is 2.20. The second-order valence-corrected chi connectivity index (χ2v) is 6.03. The first kappa shape index (κ1) is 19.3. The average molecular weight is 354 g/mol. The fourth-order valence-corrected chi connectivity index (χ4v) is 2.44. The highest BCUT2D eigenvalue weighted by Gasteiger charge is 2.21. The zero-order chi connectivity index (χ0) is 19.1. The molecule has 0 aliphatic carbocycles. The molecule has 26 heavy (non-hydrogen) atoms. The largest absolute Gasteiger partial charge is 0.481 e. The first-order valence-corrected chi connectivity index (χ1v) is 8.32. The highest BCUT2D eigenvalue weighted by atomic mass is 16.4. The van der Waals surface area contributed by atoms with Crippen LogP contribution in [0, 0.1) is 0 Å². The molecular formula is C20H22N2O4. The van der Waals surface area contributed by atoms with Crippen LogP contribution in [0.1, 0.15) is 29.3 Å². The molecule has 1 atom stereocenters. The fourth-order valence-electron chi connectivity index (χ4n) is 2.44. The van der Waals surface area contributed by atoms with Crippen molar-refractivity contribution < 1.29 is 19.5 Å². The lowest BCUT2D eigenvalue weighted by Crippen LogP contribution is -2.40. The molecule has 6 nitrogen and oxygen atoms in total. The number of carboxylic acid groups (broad SMARTS) is 1. The van der Waals surface area contributed by atoms with Gasteiger partial charge in [0.1, 0.15) is 0 Å². The van der Waals surface area contributed by atoms with E-state index in [9.17, 15) is 14.4 Å². The summed E-state index contributed by atoms with van der Waals surface area (Å²) in [5.41, 5.74) is 1.39. The van der Waals surface area contributed by atoms with Crippen LogP contribution in [-0.4, -0.2) is 47.3 Å². The van der Waals surface area contributed by atoms with Crippen LogP contribution in [-0.2, 0) is 9.59 Å². The van der Waals surface area contributed by atoms with E-state index in [1.807, 2.05) is 6.07 Å². The van der Waals surface area contributed by atoms with Gasteiger partial charge in [-0.2, -0.15) is 0 Å². The van der Waals surface area contributed by atoms with E-state index < -0.39 is 12.0 Å². The van der Waals surface area contributed by atoms with Gasteiger partial charge in [-0.05, 0) is 26.1 Å². The second-order valence-electron chi connectivity index (χ2n) is 6.03. The molecule has 0 fully saturated rings. The van der Waals surface area contributed by atoms with Gasteiger partial charge in [0.15, 0.2) is 5.78 Å². The zero-order valence-corrected chi connectivity index (χ0v) is 14.8. The number of hydrogen-bond donors (Lipinski definition) is 2. The number of carbonyl (C=O) groups excluding carboxylic acids is 2. The minimum absolute atomic E-state index is 0.0444.